The van der Waals surface area contributed by atoms with Crippen LogP contribution in [-0.2, 0) is 11.3 Å². The minimum atomic E-state index is -0.219. The molecule has 0 spiro atoms. The molecule has 0 N–H and O–H groups in total. The fourth-order valence-corrected chi connectivity index (χ4v) is 6.26. The Morgan fingerprint density at radius 3 is 2.40 bits per heavy atom. The molecule has 1 saturated carbocycles. The Balaban J connectivity index is 1.37. The van der Waals surface area contributed by atoms with Crippen LogP contribution < -0.4 is 0 Å². The molecule has 0 radical (unpaired) electrons. The molecule has 2 aliphatic rings. The lowest BCUT2D eigenvalue weighted by Crippen LogP contribution is -2.27. The molecule has 1 aliphatic carbocycles. The van der Waals surface area contributed by atoms with Crippen molar-refractivity contribution in [3.63, 3.8) is 0 Å². The zero-order chi connectivity index (χ0) is 24.5. The molecule has 0 bridgehead atoms. The summed E-state index contributed by atoms with van der Waals surface area (Å²) in [6.07, 6.45) is 8.50. The predicted octanol–water partition coefficient (Wildman–Crippen LogP) is 7.69. The maximum Gasteiger partial charge on any atom is 0.293 e. The van der Waals surface area contributed by atoms with Crippen molar-refractivity contribution in [2.75, 3.05) is 0 Å². The third kappa shape index (κ3) is 4.87. The van der Waals surface area contributed by atoms with Gasteiger partial charge < -0.3 is 4.57 Å². The molecular weight excluding hydrogens is 452 g/mol. The number of hydrogen-bond acceptors (Lipinski definition) is 3. The maximum absolute atomic E-state index is 13.1. The summed E-state index contributed by atoms with van der Waals surface area (Å²) in [6, 6.07) is 19.0. The molecule has 5 rings (SSSR count). The van der Waals surface area contributed by atoms with Crippen molar-refractivity contribution >= 4 is 29.0 Å². The summed E-state index contributed by atoms with van der Waals surface area (Å²) in [5.74, 6) is 0.471. The van der Waals surface area contributed by atoms with Crippen molar-refractivity contribution in [1.82, 2.24) is 9.47 Å². The molecule has 1 aliphatic heterocycles. The first kappa shape index (κ1) is 23.7. The second-order valence-electron chi connectivity index (χ2n) is 9.85. The van der Waals surface area contributed by atoms with Crippen LogP contribution in [0, 0.1) is 20.8 Å². The van der Waals surface area contributed by atoms with E-state index >= 15 is 0 Å². The minimum absolute atomic E-state index is 0.213. The van der Waals surface area contributed by atoms with Gasteiger partial charge in [-0.05, 0) is 92.3 Å². The van der Waals surface area contributed by atoms with Gasteiger partial charge >= 0.3 is 0 Å². The molecule has 2 amide bonds. The molecule has 4 nitrogen and oxygen atoms in total. The second kappa shape index (κ2) is 9.90. The molecule has 0 atom stereocenters. The summed E-state index contributed by atoms with van der Waals surface area (Å²) in [4.78, 5) is 27.5. The number of carbonyl (C=O) groups excluding carboxylic acids is 2. The molecule has 2 fully saturated rings. The number of imide groups is 1. The third-order valence-electron chi connectivity index (χ3n) is 7.28. The molecule has 2 aromatic carbocycles. The quantitative estimate of drug-likeness (QED) is 0.349. The van der Waals surface area contributed by atoms with Crippen molar-refractivity contribution in [3.8, 4) is 5.69 Å². The Kier molecular flexibility index (Phi) is 6.70. The van der Waals surface area contributed by atoms with Crippen LogP contribution in [-0.4, -0.2) is 20.6 Å². The fraction of sp³-hybridized carbons (Fsp3) is 0.333. The monoisotopic (exact) mass is 484 g/mol. The van der Waals surface area contributed by atoms with E-state index in [1.54, 1.807) is 0 Å². The van der Waals surface area contributed by atoms with Crippen molar-refractivity contribution in [2.24, 2.45) is 0 Å². The lowest BCUT2D eigenvalue weighted by molar-refractivity contribution is -0.123. The first-order valence-electron chi connectivity index (χ1n) is 12.5. The molecule has 1 saturated heterocycles. The molecule has 2 heterocycles. The number of nitrogens with zero attached hydrogens (tertiary/aromatic N) is 2. The van der Waals surface area contributed by atoms with Gasteiger partial charge in [0, 0.05) is 17.1 Å². The zero-order valence-corrected chi connectivity index (χ0v) is 21.5. The number of aromatic nitrogens is 1. The van der Waals surface area contributed by atoms with E-state index in [2.05, 4.69) is 48.7 Å². The van der Waals surface area contributed by atoms with E-state index in [1.165, 1.54) is 42.6 Å². The van der Waals surface area contributed by atoms with Crippen LogP contribution in [0.5, 0.6) is 0 Å². The van der Waals surface area contributed by atoms with E-state index in [-0.39, 0.29) is 11.1 Å². The predicted molar refractivity (Wildman–Crippen MR) is 144 cm³/mol. The smallest absolute Gasteiger partial charge is 0.293 e. The van der Waals surface area contributed by atoms with Gasteiger partial charge in [-0.2, -0.15) is 0 Å². The van der Waals surface area contributed by atoms with Crippen LogP contribution >= 0.6 is 11.8 Å². The Hall–Kier alpha value is -3.05. The summed E-state index contributed by atoms with van der Waals surface area (Å²) < 4.78 is 2.23. The van der Waals surface area contributed by atoms with E-state index in [0.717, 1.165) is 45.5 Å². The van der Waals surface area contributed by atoms with Crippen molar-refractivity contribution in [1.29, 1.82) is 0 Å². The average Bonchev–Trinajstić information content (AvgIpc) is 3.28. The van der Waals surface area contributed by atoms with Crippen molar-refractivity contribution in [2.45, 2.75) is 65.3 Å². The molecule has 3 aromatic rings. The average molecular weight is 485 g/mol. The Labute approximate surface area is 212 Å². The Morgan fingerprint density at radius 1 is 0.943 bits per heavy atom. The van der Waals surface area contributed by atoms with Gasteiger partial charge in [0.15, 0.2) is 0 Å². The standard InChI is InChI=1S/C30H32N2O2S/c1-20-8-7-9-23(16-20)19-31-29(33)28(35-30(31)34)18-26-17-21(2)32(22(26)3)27-14-12-25(13-15-27)24-10-5-4-6-11-24/h7-9,12-18,24H,4-6,10-11,19H2,1-3H3/b28-18-. The maximum atomic E-state index is 13.1. The normalized spacial score (nSPS) is 18.1. The Morgan fingerprint density at radius 2 is 1.69 bits per heavy atom. The lowest BCUT2D eigenvalue weighted by atomic mass is 9.84. The van der Waals surface area contributed by atoms with Gasteiger partial charge in [-0.25, -0.2) is 0 Å². The molecule has 35 heavy (non-hydrogen) atoms. The van der Waals surface area contributed by atoms with Crippen LogP contribution in [0.3, 0.4) is 0 Å². The van der Waals surface area contributed by atoms with Gasteiger partial charge in [0.25, 0.3) is 11.1 Å². The summed E-state index contributed by atoms with van der Waals surface area (Å²) >= 11 is 1.03. The molecule has 0 unspecified atom stereocenters. The van der Waals surface area contributed by atoms with Crippen LogP contribution in [0.25, 0.3) is 11.8 Å². The van der Waals surface area contributed by atoms with Crippen LogP contribution in [0.15, 0.2) is 59.5 Å². The highest BCUT2D eigenvalue weighted by Gasteiger charge is 2.35. The van der Waals surface area contributed by atoms with Gasteiger partial charge in [-0.1, -0.05) is 61.2 Å². The summed E-state index contributed by atoms with van der Waals surface area (Å²) in [7, 11) is 0. The number of thioether (sulfide) groups is 1. The molecular formula is C30H32N2O2S. The SMILES string of the molecule is Cc1cccc(CN2C(=O)S/C(=C\c3cc(C)n(-c4ccc(C5CCCCC5)cc4)c3C)C2=O)c1. The highest BCUT2D eigenvalue weighted by molar-refractivity contribution is 8.18. The van der Waals surface area contributed by atoms with Crippen molar-refractivity contribution in [3.05, 3.63) is 93.1 Å². The van der Waals surface area contributed by atoms with Gasteiger partial charge in [0.2, 0.25) is 0 Å². The molecule has 1 aromatic heterocycles. The number of benzene rings is 2. The van der Waals surface area contributed by atoms with Gasteiger partial charge in [-0.3, -0.25) is 14.5 Å². The minimum Gasteiger partial charge on any atom is -0.318 e. The van der Waals surface area contributed by atoms with Crippen LogP contribution in [0.1, 0.15) is 71.7 Å². The van der Waals surface area contributed by atoms with E-state index in [0.29, 0.717) is 17.4 Å². The number of hydrogen-bond donors (Lipinski definition) is 0. The highest BCUT2D eigenvalue weighted by atomic mass is 32.2. The third-order valence-corrected chi connectivity index (χ3v) is 8.19. The Bertz CT molecular complexity index is 1300. The van der Waals surface area contributed by atoms with E-state index < -0.39 is 0 Å². The molecule has 5 heteroatoms. The largest absolute Gasteiger partial charge is 0.318 e. The lowest BCUT2D eigenvalue weighted by Gasteiger charge is -2.22. The van der Waals surface area contributed by atoms with E-state index in [4.69, 9.17) is 0 Å². The van der Waals surface area contributed by atoms with Crippen LogP contribution in [0.4, 0.5) is 4.79 Å². The first-order valence-corrected chi connectivity index (χ1v) is 13.3. The van der Waals surface area contributed by atoms with Gasteiger partial charge in [0.05, 0.1) is 11.4 Å². The fourth-order valence-electron chi connectivity index (χ4n) is 5.43. The van der Waals surface area contributed by atoms with Gasteiger partial charge in [0.1, 0.15) is 0 Å². The van der Waals surface area contributed by atoms with Crippen LogP contribution in [0.2, 0.25) is 0 Å². The van der Waals surface area contributed by atoms with Gasteiger partial charge in [-0.15, -0.1) is 0 Å². The number of rotatable bonds is 5. The zero-order valence-electron chi connectivity index (χ0n) is 20.7. The molecule has 180 valence electrons. The number of carbonyl (C=O) groups is 2. The summed E-state index contributed by atoms with van der Waals surface area (Å²) in [5.41, 5.74) is 7.80. The first-order chi connectivity index (χ1) is 16.9. The van der Waals surface area contributed by atoms with Crippen molar-refractivity contribution < 1.29 is 9.59 Å². The second-order valence-corrected chi connectivity index (χ2v) is 10.8. The van der Waals surface area contributed by atoms with E-state index in [1.807, 2.05) is 37.3 Å². The number of amides is 2. The summed E-state index contributed by atoms with van der Waals surface area (Å²) in [6.45, 7) is 6.47. The summed E-state index contributed by atoms with van der Waals surface area (Å²) in [5, 5.41) is -0.213. The highest BCUT2D eigenvalue weighted by Crippen LogP contribution is 2.36. The topological polar surface area (TPSA) is 42.3 Å². The number of aryl methyl sites for hydroxylation is 2. The van der Waals surface area contributed by atoms with E-state index in [9.17, 15) is 9.59 Å².